The topological polar surface area (TPSA) is 26.0 Å². The van der Waals surface area contributed by atoms with Crippen molar-refractivity contribution in [3.63, 3.8) is 0 Å². The van der Waals surface area contributed by atoms with E-state index in [1.54, 1.807) is 6.07 Å². The Morgan fingerprint density at radius 3 is 2.67 bits per heavy atom. The van der Waals surface area contributed by atoms with Crippen LogP contribution in [0.2, 0.25) is 5.02 Å². The minimum Gasteiger partial charge on any atom is -0.398 e. The van der Waals surface area contributed by atoms with Crippen molar-refractivity contribution in [1.82, 2.24) is 0 Å². The Labute approximate surface area is 75.8 Å². The summed E-state index contributed by atoms with van der Waals surface area (Å²) in [4.78, 5) is 0. The van der Waals surface area contributed by atoms with Crippen molar-refractivity contribution in [3.05, 3.63) is 41.4 Å². The third kappa shape index (κ3) is 1.12. The van der Waals surface area contributed by atoms with Gasteiger partial charge < -0.3 is 5.73 Å². The molecule has 0 saturated carbocycles. The third-order valence-electron chi connectivity index (χ3n) is 1.86. The zero-order valence-corrected chi connectivity index (χ0v) is 7.18. The minimum absolute atomic E-state index is 0.686. The second-order valence-electron chi connectivity index (χ2n) is 2.72. The first-order chi connectivity index (χ1) is 5.77. The van der Waals surface area contributed by atoms with Crippen LogP contribution in [0.25, 0.3) is 10.8 Å². The molecular weight excluding hydrogens is 170 g/mol. The summed E-state index contributed by atoms with van der Waals surface area (Å²) >= 11 is 5.84. The number of hydrogen-bond donors (Lipinski definition) is 1. The van der Waals surface area contributed by atoms with Gasteiger partial charge >= 0.3 is 0 Å². The number of hydrogen-bond acceptors (Lipinski definition) is 1. The maximum atomic E-state index is 5.84. The van der Waals surface area contributed by atoms with E-state index in [9.17, 15) is 0 Å². The predicted octanol–water partition coefficient (Wildman–Crippen LogP) is 3.08. The fourth-order valence-corrected chi connectivity index (χ4v) is 1.54. The number of nitrogen functional groups attached to an aromatic ring is 1. The summed E-state index contributed by atoms with van der Waals surface area (Å²) in [5, 5.41) is 2.83. The summed E-state index contributed by atoms with van der Waals surface area (Å²) < 4.78 is 0. The van der Waals surface area contributed by atoms with Gasteiger partial charge in [-0.1, -0.05) is 35.9 Å². The van der Waals surface area contributed by atoms with Gasteiger partial charge in [-0.2, -0.15) is 0 Å². The highest BCUT2D eigenvalue weighted by atomic mass is 35.5. The highest BCUT2D eigenvalue weighted by molar-refractivity contribution is 6.31. The first-order valence-corrected chi connectivity index (χ1v) is 4.09. The summed E-state index contributed by atoms with van der Waals surface area (Å²) in [6.45, 7) is 0. The van der Waals surface area contributed by atoms with Crippen LogP contribution in [0, 0.1) is 0 Å². The molecule has 0 aromatic heterocycles. The van der Waals surface area contributed by atoms with Gasteiger partial charge in [-0.3, -0.25) is 0 Å². The molecular formula is C10H8ClN. The lowest BCUT2D eigenvalue weighted by molar-refractivity contribution is 1.73. The maximum absolute atomic E-state index is 5.84. The van der Waals surface area contributed by atoms with E-state index in [0.29, 0.717) is 5.02 Å². The Morgan fingerprint density at radius 2 is 1.83 bits per heavy atom. The van der Waals surface area contributed by atoms with Gasteiger partial charge in [0.05, 0.1) is 0 Å². The Kier molecular flexibility index (Phi) is 1.66. The lowest BCUT2D eigenvalue weighted by Crippen LogP contribution is -1.86. The zero-order valence-electron chi connectivity index (χ0n) is 6.42. The molecule has 2 aromatic carbocycles. The number of rotatable bonds is 0. The van der Waals surface area contributed by atoms with E-state index in [0.717, 1.165) is 16.5 Å². The highest BCUT2D eigenvalue weighted by Crippen LogP contribution is 2.25. The molecule has 2 rings (SSSR count). The van der Waals surface area contributed by atoms with Gasteiger partial charge in [0.2, 0.25) is 0 Å². The number of fused-ring (bicyclic) bond motifs is 1. The molecule has 0 aliphatic rings. The molecule has 0 radical (unpaired) electrons. The van der Waals surface area contributed by atoms with Crippen molar-refractivity contribution in [2.45, 2.75) is 0 Å². The fraction of sp³-hybridized carbons (Fsp3) is 0. The van der Waals surface area contributed by atoms with E-state index >= 15 is 0 Å². The number of benzene rings is 2. The Morgan fingerprint density at radius 1 is 1.08 bits per heavy atom. The van der Waals surface area contributed by atoms with Crippen LogP contribution in [0.3, 0.4) is 0 Å². The molecule has 0 aliphatic carbocycles. The smallest absolute Gasteiger partial charge is 0.0432 e. The van der Waals surface area contributed by atoms with Crippen LogP contribution in [-0.4, -0.2) is 0 Å². The summed E-state index contributed by atoms with van der Waals surface area (Å²) in [5.41, 5.74) is 6.51. The standard InChI is InChI=1S/C10H8ClN/c11-8-5-7-3-1-2-4-9(7)10(12)6-8/h1-6H,12H2. The summed E-state index contributed by atoms with van der Waals surface area (Å²) in [6, 6.07) is 11.6. The number of nitrogens with two attached hydrogens (primary N) is 1. The molecule has 0 heterocycles. The van der Waals surface area contributed by atoms with E-state index in [-0.39, 0.29) is 0 Å². The van der Waals surface area contributed by atoms with Crippen LogP contribution >= 0.6 is 11.6 Å². The van der Waals surface area contributed by atoms with Crippen LogP contribution in [-0.2, 0) is 0 Å². The summed E-state index contributed by atoms with van der Waals surface area (Å²) in [6.07, 6.45) is 0. The molecule has 2 heteroatoms. The van der Waals surface area contributed by atoms with Crippen molar-refractivity contribution in [2.75, 3.05) is 5.73 Å². The van der Waals surface area contributed by atoms with Crippen molar-refractivity contribution < 1.29 is 0 Å². The van der Waals surface area contributed by atoms with Crippen LogP contribution in [0.1, 0.15) is 0 Å². The normalized spacial score (nSPS) is 10.4. The fourth-order valence-electron chi connectivity index (χ4n) is 1.30. The summed E-state index contributed by atoms with van der Waals surface area (Å²) in [7, 11) is 0. The third-order valence-corrected chi connectivity index (χ3v) is 2.08. The maximum Gasteiger partial charge on any atom is 0.0432 e. The highest BCUT2D eigenvalue weighted by Gasteiger charge is 1.97. The number of anilines is 1. The second kappa shape index (κ2) is 2.68. The largest absolute Gasteiger partial charge is 0.398 e. The molecule has 2 aromatic rings. The summed E-state index contributed by atoms with van der Waals surface area (Å²) in [5.74, 6) is 0. The van der Waals surface area contributed by atoms with Gasteiger partial charge in [-0.25, -0.2) is 0 Å². The molecule has 60 valence electrons. The minimum atomic E-state index is 0.686. The van der Waals surface area contributed by atoms with Crippen LogP contribution < -0.4 is 5.73 Å². The second-order valence-corrected chi connectivity index (χ2v) is 3.15. The first kappa shape index (κ1) is 7.44. The van der Waals surface area contributed by atoms with Gasteiger partial charge in [0.25, 0.3) is 0 Å². The number of halogens is 1. The van der Waals surface area contributed by atoms with E-state index in [1.165, 1.54) is 0 Å². The Balaban J connectivity index is 2.89. The molecule has 0 atom stereocenters. The lowest BCUT2D eigenvalue weighted by atomic mass is 10.1. The SMILES string of the molecule is Nc1cc(Cl)cc2ccccc12. The van der Waals surface area contributed by atoms with E-state index in [1.807, 2.05) is 30.3 Å². The molecule has 0 spiro atoms. The van der Waals surface area contributed by atoms with Gasteiger partial charge in [-0.15, -0.1) is 0 Å². The van der Waals surface area contributed by atoms with Gasteiger partial charge in [0, 0.05) is 16.1 Å². The van der Waals surface area contributed by atoms with Gasteiger partial charge in [0.15, 0.2) is 0 Å². The molecule has 0 unspecified atom stereocenters. The lowest BCUT2D eigenvalue weighted by Gasteiger charge is -2.01. The van der Waals surface area contributed by atoms with Crippen molar-refractivity contribution in [2.24, 2.45) is 0 Å². The van der Waals surface area contributed by atoms with E-state index in [4.69, 9.17) is 17.3 Å². The van der Waals surface area contributed by atoms with E-state index in [2.05, 4.69) is 0 Å². The molecule has 0 fully saturated rings. The molecule has 2 N–H and O–H groups in total. The van der Waals surface area contributed by atoms with Gasteiger partial charge in [0.1, 0.15) is 0 Å². The quantitative estimate of drug-likeness (QED) is 0.615. The monoisotopic (exact) mass is 177 g/mol. The predicted molar refractivity (Wildman–Crippen MR) is 53.4 cm³/mol. The average Bonchev–Trinajstić information content (AvgIpc) is 2.04. The molecule has 0 aliphatic heterocycles. The molecule has 12 heavy (non-hydrogen) atoms. The zero-order chi connectivity index (χ0) is 8.55. The average molecular weight is 178 g/mol. The van der Waals surface area contributed by atoms with Gasteiger partial charge in [-0.05, 0) is 17.5 Å². The molecule has 0 bridgehead atoms. The van der Waals surface area contributed by atoms with Crippen molar-refractivity contribution in [1.29, 1.82) is 0 Å². The molecule has 0 saturated heterocycles. The van der Waals surface area contributed by atoms with E-state index < -0.39 is 0 Å². The molecule has 0 amide bonds. The van der Waals surface area contributed by atoms with Crippen LogP contribution in [0.4, 0.5) is 5.69 Å². The Bertz CT molecular complexity index is 423. The Hall–Kier alpha value is -1.21. The first-order valence-electron chi connectivity index (χ1n) is 3.71. The van der Waals surface area contributed by atoms with Crippen molar-refractivity contribution in [3.8, 4) is 0 Å². The molecule has 1 nitrogen and oxygen atoms in total. The van der Waals surface area contributed by atoms with Crippen LogP contribution in [0.5, 0.6) is 0 Å². The van der Waals surface area contributed by atoms with Crippen molar-refractivity contribution >= 4 is 28.1 Å². The van der Waals surface area contributed by atoms with Crippen LogP contribution in [0.15, 0.2) is 36.4 Å².